The SMILES string of the molecule is CC(C)(CN)N(CCO)C1CCCC1. The fraction of sp³-hybridized carbons (Fsp3) is 1.00. The van der Waals surface area contributed by atoms with Crippen molar-refractivity contribution >= 4 is 0 Å². The molecule has 1 fully saturated rings. The van der Waals surface area contributed by atoms with Crippen LogP contribution in [-0.2, 0) is 0 Å². The topological polar surface area (TPSA) is 49.5 Å². The zero-order chi connectivity index (χ0) is 10.6. The van der Waals surface area contributed by atoms with E-state index in [1.165, 1.54) is 25.7 Å². The number of β-amino-alcohol motifs (C(OH)–C–C–N with tert-alkyl or cyclic N) is 1. The van der Waals surface area contributed by atoms with Crippen molar-refractivity contribution in [1.29, 1.82) is 0 Å². The molecule has 0 unspecified atom stereocenters. The van der Waals surface area contributed by atoms with Crippen molar-refractivity contribution in [3.05, 3.63) is 0 Å². The molecule has 0 aromatic carbocycles. The van der Waals surface area contributed by atoms with E-state index in [1.54, 1.807) is 0 Å². The second kappa shape index (κ2) is 5.10. The number of aliphatic hydroxyl groups is 1. The average molecular weight is 200 g/mol. The van der Waals surface area contributed by atoms with Gasteiger partial charge in [0.2, 0.25) is 0 Å². The van der Waals surface area contributed by atoms with Gasteiger partial charge < -0.3 is 10.8 Å². The molecule has 0 amide bonds. The van der Waals surface area contributed by atoms with Crippen LogP contribution in [0.2, 0.25) is 0 Å². The van der Waals surface area contributed by atoms with Gasteiger partial charge in [-0.1, -0.05) is 12.8 Å². The fourth-order valence-electron chi connectivity index (χ4n) is 2.42. The summed E-state index contributed by atoms with van der Waals surface area (Å²) in [5.41, 5.74) is 5.81. The number of nitrogens with zero attached hydrogens (tertiary/aromatic N) is 1. The Labute approximate surface area is 87.3 Å². The van der Waals surface area contributed by atoms with E-state index in [1.807, 2.05) is 0 Å². The minimum absolute atomic E-state index is 0.0255. The van der Waals surface area contributed by atoms with E-state index in [9.17, 15) is 0 Å². The highest BCUT2D eigenvalue weighted by Gasteiger charge is 2.32. The third-order valence-electron chi connectivity index (χ3n) is 3.38. The molecule has 0 aliphatic heterocycles. The zero-order valence-corrected chi connectivity index (χ0v) is 9.50. The summed E-state index contributed by atoms with van der Waals surface area (Å²) in [7, 11) is 0. The van der Waals surface area contributed by atoms with Gasteiger partial charge in [0.05, 0.1) is 6.61 Å². The van der Waals surface area contributed by atoms with Crippen LogP contribution < -0.4 is 5.73 Å². The number of aliphatic hydroxyl groups excluding tert-OH is 1. The number of nitrogens with two attached hydrogens (primary N) is 1. The first-order chi connectivity index (χ1) is 6.61. The Morgan fingerprint density at radius 3 is 2.36 bits per heavy atom. The highest BCUT2D eigenvalue weighted by molar-refractivity contribution is 4.89. The van der Waals surface area contributed by atoms with Crippen LogP contribution in [0.3, 0.4) is 0 Å². The van der Waals surface area contributed by atoms with Gasteiger partial charge in [-0.3, -0.25) is 4.90 Å². The summed E-state index contributed by atoms with van der Waals surface area (Å²) in [5, 5.41) is 9.07. The zero-order valence-electron chi connectivity index (χ0n) is 9.50. The Balaban J connectivity index is 2.61. The molecule has 3 N–H and O–H groups in total. The lowest BCUT2D eigenvalue weighted by molar-refractivity contribution is 0.0564. The van der Waals surface area contributed by atoms with Gasteiger partial charge in [0.25, 0.3) is 0 Å². The molecular weight excluding hydrogens is 176 g/mol. The first-order valence-electron chi connectivity index (χ1n) is 5.69. The highest BCUT2D eigenvalue weighted by atomic mass is 16.3. The van der Waals surface area contributed by atoms with E-state index in [4.69, 9.17) is 10.8 Å². The van der Waals surface area contributed by atoms with E-state index in [2.05, 4.69) is 18.7 Å². The maximum atomic E-state index is 9.07. The summed E-state index contributed by atoms with van der Waals surface area (Å²) in [6, 6.07) is 0.640. The second-order valence-corrected chi connectivity index (χ2v) is 4.87. The van der Waals surface area contributed by atoms with Crippen LogP contribution in [-0.4, -0.2) is 41.3 Å². The molecule has 0 saturated heterocycles. The van der Waals surface area contributed by atoms with Crippen molar-refractivity contribution in [1.82, 2.24) is 4.90 Å². The Bertz CT molecular complexity index is 165. The molecule has 1 rings (SSSR count). The lowest BCUT2D eigenvalue weighted by atomic mass is 9.99. The van der Waals surface area contributed by atoms with Gasteiger partial charge in [-0.25, -0.2) is 0 Å². The Hall–Kier alpha value is -0.120. The first kappa shape index (κ1) is 12.0. The molecule has 3 heteroatoms. The van der Waals surface area contributed by atoms with Crippen LogP contribution in [0.15, 0.2) is 0 Å². The third-order valence-corrected chi connectivity index (χ3v) is 3.38. The number of rotatable bonds is 5. The van der Waals surface area contributed by atoms with E-state index < -0.39 is 0 Å². The molecule has 0 atom stereocenters. The van der Waals surface area contributed by atoms with E-state index in [0.29, 0.717) is 12.6 Å². The van der Waals surface area contributed by atoms with Crippen molar-refractivity contribution in [2.24, 2.45) is 5.73 Å². The van der Waals surface area contributed by atoms with Gasteiger partial charge >= 0.3 is 0 Å². The lowest BCUT2D eigenvalue weighted by Gasteiger charge is -2.41. The smallest absolute Gasteiger partial charge is 0.0558 e. The van der Waals surface area contributed by atoms with Crippen LogP contribution >= 0.6 is 0 Å². The second-order valence-electron chi connectivity index (χ2n) is 4.87. The molecule has 0 radical (unpaired) electrons. The average Bonchev–Trinajstić information content (AvgIpc) is 2.66. The summed E-state index contributed by atoms with van der Waals surface area (Å²) in [6.07, 6.45) is 5.19. The molecule has 1 aliphatic carbocycles. The monoisotopic (exact) mass is 200 g/mol. The Kier molecular flexibility index (Phi) is 4.35. The molecular formula is C11H24N2O. The lowest BCUT2D eigenvalue weighted by Crippen LogP contribution is -2.54. The molecule has 0 spiro atoms. The largest absolute Gasteiger partial charge is 0.395 e. The van der Waals surface area contributed by atoms with Crippen LogP contribution in [0.25, 0.3) is 0 Å². The predicted molar refractivity (Wildman–Crippen MR) is 59.2 cm³/mol. The van der Waals surface area contributed by atoms with E-state index >= 15 is 0 Å². The van der Waals surface area contributed by atoms with Gasteiger partial charge in [-0.05, 0) is 26.7 Å². The predicted octanol–water partition coefficient (Wildman–Crippen LogP) is 0.961. The third kappa shape index (κ3) is 2.69. The maximum Gasteiger partial charge on any atom is 0.0558 e. The van der Waals surface area contributed by atoms with Gasteiger partial charge in [0.15, 0.2) is 0 Å². The number of hydrogen-bond donors (Lipinski definition) is 2. The molecule has 3 nitrogen and oxygen atoms in total. The molecule has 14 heavy (non-hydrogen) atoms. The normalized spacial score (nSPS) is 19.5. The van der Waals surface area contributed by atoms with Crippen molar-refractivity contribution in [2.75, 3.05) is 19.7 Å². The molecule has 0 bridgehead atoms. The first-order valence-corrected chi connectivity index (χ1v) is 5.69. The fourth-order valence-corrected chi connectivity index (χ4v) is 2.42. The van der Waals surface area contributed by atoms with Crippen molar-refractivity contribution in [3.8, 4) is 0 Å². The summed E-state index contributed by atoms with van der Waals surface area (Å²) < 4.78 is 0. The Morgan fingerprint density at radius 2 is 1.93 bits per heavy atom. The quantitative estimate of drug-likeness (QED) is 0.695. The van der Waals surface area contributed by atoms with Crippen LogP contribution in [0.4, 0.5) is 0 Å². The van der Waals surface area contributed by atoms with Crippen LogP contribution in [0, 0.1) is 0 Å². The molecule has 1 saturated carbocycles. The molecule has 0 aromatic heterocycles. The van der Waals surface area contributed by atoms with Gasteiger partial charge in [-0.2, -0.15) is 0 Å². The van der Waals surface area contributed by atoms with Gasteiger partial charge in [0, 0.05) is 24.7 Å². The molecule has 84 valence electrons. The van der Waals surface area contributed by atoms with Crippen LogP contribution in [0.1, 0.15) is 39.5 Å². The summed E-state index contributed by atoms with van der Waals surface area (Å²) >= 11 is 0. The summed E-state index contributed by atoms with van der Waals surface area (Å²) in [6.45, 7) is 5.99. The molecule has 0 aromatic rings. The molecule has 1 aliphatic rings. The highest BCUT2D eigenvalue weighted by Crippen LogP contribution is 2.28. The maximum absolute atomic E-state index is 9.07. The standard InChI is InChI=1S/C11H24N2O/c1-11(2,9-12)13(7-8-14)10-5-3-4-6-10/h10,14H,3-9,12H2,1-2H3. The van der Waals surface area contributed by atoms with Gasteiger partial charge in [-0.15, -0.1) is 0 Å². The Morgan fingerprint density at radius 1 is 1.36 bits per heavy atom. The minimum atomic E-state index is 0.0255. The van der Waals surface area contributed by atoms with E-state index in [0.717, 1.165) is 6.54 Å². The van der Waals surface area contributed by atoms with Gasteiger partial charge in [0.1, 0.15) is 0 Å². The summed E-state index contributed by atoms with van der Waals surface area (Å²) in [4.78, 5) is 2.39. The minimum Gasteiger partial charge on any atom is -0.395 e. The van der Waals surface area contributed by atoms with Crippen molar-refractivity contribution in [3.63, 3.8) is 0 Å². The van der Waals surface area contributed by atoms with E-state index in [-0.39, 0.29) is 12.1 Å². The van der Waals surface area contributed by atoms with Crippen LogP contribution in [0.5, 0.6) is 0 Å². The molecule has 0 heterocycles. The van der Waals surface area contributed by atoms with Crippen molar-refractivity contribution < 1.29 is 5.11 Å². The van der Waals surface area contributed by atoms with Crippen molar-refractivity contribution in [2.45, 2.75) is 51.1 Å². The number of hydrogen-bond acceptors (Lipinski definition) is 3. The summed E-state index contributed by atoms with van der Waals surface area (Å²) in [5.74, 6) is 0.